The number of carbonyl (C=O) groups is 2. The first-order valence-corrected chi connectivity index (χ1v) is 8.67. The van der Waals surface area contributed by atoms with Gasteiger partial charge in [0.1, 0.15) is 6.04 Å². The fourth-order valence-corrected chi connectivity index (χ4v) is 3.67. The third kappa shape index (κ3) is 4.06. The van der Waals surface area contributed by atoms with Gasteiger partial charge in [-0.05, 0) is 43.9 Å². The predicted octanol–water partition coefficient (Wildman–Crippen LogP) is 1.18. The zero-order chi connectivity index (χ0) is 16.9. The van der Waals surface area contributed by atoms with Crippen LogP contribution in [0.1, 0.15) is 19.3 Å². The number of nitrogens with zero attached hydrogens (tertiary/aromatic N) is 2. The molecule has 2 fully saturated rings. The molecule has 0 aromatic heterocycles. The van der Waals surface area contributed by atoms with Crippen LogP contribution in [0.15, 0.2) is 30.3 Å². The van der Waals surface area contributed by atoms with Crippen LogP contribution < -0.4 is 10.2 Å². The molecule has 130 valence electrons. The molecule has 0 radical (unpaired) electrons. The number of para-hydroxylation sites is 1. The summed E-state index contributed by atoms with van der Waals surface area (Å²) < 4.78 is 0. The highest BCUT2D eigenvalue weighted by Gasteiger charge is 2.31. The van der Waals surface area contributed by atoms with E-state index in [2.05, 4.69) is 22.3 Å². The SMILES string of the molecule is O=C(CN1CCC[C@@H]1C(=O)O)NCC1CCN(c2ccccc2)C1. The number of rotatable bonds is 6. The van der Waals surface area contributed by atoms with Gasteiger partial charge in [0.05, 0.1) is 6.54 Å². The van der Waals surface area contributed by atoms with Crippen molar-refractivity contribution in [2.24, 2.45) is 5.92 Å². The number of carbonyl (C=O) groups excluding carboxylic acids is 1. The summed E-state index contributed by atoms with van der Waals surface area (Å²) in [5.41, 5.74) is 1.23. The maximum atomic E-state index is 12.1. The van der Waals surface area contributed by atoms with Gasteiger partial charge in [0, 0.05) is 25.3 Å². The minimum atomic E-state index is -0.824. The lowest BCUT2D eigenvalue weighted by atomic mass is 10.1. The normalized spacial score (nSPS) is 24.2. The molecule has 2 saturated heterocycles. The second-order valence-electron chi connectivity index (χ2n) is 6.71. The van der Waals surface area contributed by atoms with E-state index in [1.54, 1.807) is 4.90 Å². The van der Waals surface area contributed by atoms with Gasteiger partial charge in [0.25, 0.3) is 0 Å². The molecule has 2 aliphatic heterocycles. The third-order valence-corrected chi connectivity index (χ3v) is 4.99. The van der Waals surface area contributed by atoms with E-state index in [9.17, 15) is 9.59 Å². The molecule has 0 spiro atoms. The van der Waals surface area contributed by atoms with Crippen molar-refractivity contribution >= 4 is 17.6 Å². The summed E-state index contributed by atoms with van der Waals surface area (Å²) in [7, 11) is 0. The molecule has 2 N–H and O–H groups in total. The molecule has 2 heterocycles. The summed E-state index contributed by atoms with van der Waals surface area (Å²) in [6.45, 7) is 3.50. The molecule has 1 amide bonds. The average molecular weight is 331 g/mol. The van der Waals surface area contributed by atoms with E-state index in [1.807, 2.05) is 18.2 Å². The van der Waals surface area contributed by atoms with Crippen LogP contribution in [0.2, 0.25) is 0 Å². The first-order chi connectivity index (χ1) is 11.6. The Morgan fingerprint density at radius 1 is 1.17 bits per heavy atom. The largest absolute Gasteiger partial charge is 0.480 e. The molecule has 24 heavy (non-hydrogen) atoms. The number of amides is 1. The number of hydrogen-bond donors (Lipinski definition) is 2. The van der Waals surface area contributed by atoms with Crippen molar-refractivity contribution in [3.8, 4) is 0 Å². The van der Waals surface area contributed by atoms with Crippen LogP contribution in [0, 0.1) is 5.92 Å². The van der Waals surface area contributed by atoms with Crippen LogP contribution in [0.4, 0.5) is 5.69 Å². The van der Waals surface area contributed by atoms with Gasteiger partial charge in [-0.15, -0.1) is 0 Å². The number of anilines is 1. The van der Waals surface area contributed by atoms with E-state index in [-0.39, 0.29) is 12.5 Å². The maximum Gasteiger partial charge on any atom is 0.320 e. The van der Waals surface area contributed by atoms with E-state index in [4.69, 9.17) is 5.11 Å². The number of aliphatic carboxylic acids is 1. The van der Waals surface area contributed by atoms with Crippen molar-refractivity contribution in [3.05, 3.63) is 30.3 Å². The first-order valence-electron chi connectivity index (χ1n) is 8.67. The highest BCUT2D eigenvalue weighted by molar-refractivity contribution is 5.80. The van der Waals surface area contributed by atoms with Crippen LogP contribution >= 0.6 is 0 Å². The second-order valence-corrected chi connectivity index (χ2v) is 6.71. The Balaban J connectivity index is 1.42. The number of nitrogens with one attached hydrogen (secondary N) is 1. The molecular weight excluding hydrogens is 306 g/mol. The monoisotopic (exact) mass is 331 g/mol. The quantitative estimate of drug-likeness (QED) is 0.819. The Morgan fingerprint density at radius 2 is 1.96 bits per heavy atom. The first kappa shape index (κ1) is 16.8. The lowest BCUT2D eigenvalue weighted by Crippen LogP contribution is -2.44. The number of likely N-dealkylation sites (tertiary alicyclic amines) is 1. The zero-order valence-corrected chi connectivity index (χ0v) is 13.9. The molecule has 0 bridgehead atoms. The molecule has 1 aromatic rings. The second kappa shape index (κ2) is 7.66. The Labute approximate surface area is 142 Å². The summed E-state index contributed by atoms with van der Waals surface area (Å²) in [5, 5.41) is 12.1. The Bertz CT molecular complexity index is 578. The summed E-state index contributed by atoms with van der Waals surface area (Å²) in [5.74, 6) is -0.445. The average Bonchev–Trinajstić information content (AvgIpc) is 3.23. The number of benzene rings is 1. The Morgan fingerprint density at radius 3 is 2.71 bits per heavy atom. The van der Waals surface area contributed by atoms with E-state index < -0.39 is 12.0 Å². The Kier molecular flexibility index (Phi) is 5.35. The van der Waals surface area contributed by atoms with E-state index in [0.717, 1.165) is 25.9 Å². The predicted molar refractivity (Wildman–Crippen MR) is 92.0 cm³/mol. The summed E-state index contributed by atoms with van der Waals surface area (Å²) in [6.07, 6.45) is 2.55. The van der Waals surface area contributed by atoms with Crippen molar-refractivity contribution < 1.29 is 14.7 Å². The number of hydrogen-bond acceptors (Lipinski definition) is 4. The zero-order valence-electron chi connectivity index (χ0n) is 13.9. The van der Waals surface area contributed by atoms with E-state index in [1.165, 1.54) is 5.69 Å². The smallest absolute Gasteiger partial charge is 0.320 e. The van der Waals surface area contributed by atoms with Crippen molar-refractivity contribution in [1.82, 2.24) is 10.2 Å². The number of carboxylic acid groups (broad SMARTS) is 1. The molecular formula is C18H25N3O3. The molecule has 0 saturated carbocycles. The molecule has 2 aliphatic rings. The highest BCUT2D eigenvalue weighted by Crippen LogP contribution is 2.23. The molecule has 0 aliphatic carbocycles. The summed E-state index contributed by atoms with van der Waals surface area (Å²) in [4.78, 5) is 27.4. The van der Waals surface area contributed by atoms with Crippen molar-refractivity contribution in [2.45, 2.75) is 25.3 Å². The van der Waals surface area contributed by atoms with Crippen LogP contribution in [0.25, 0.3) is 0 Å². The lowest BCUT2D eigenvalue weighted by molar-refractivity contribution is -0.142. The Hall–Kier alpha value is -2.08. The van der Waals surface area contributed by atoms with Gasteiger partial charge in [-0.3, -0.25) is 14.5 Å². The van der Waals surface area contributed by atoms with Crippen LogP contribution in [-0.4, -0.2) is 60.6 Å². The summed E-state index contributed by atoms with van der Waals surface area (Å²) >= 11 is 0. The van der Waals surface area contributed by atoms with Gasteiger partial charge in [0.15, 0.2) is 0 Å². The van der Waals surface area contributed by atoms with Gasteiger partial charge >= 0.3 is 5.97 Å². The molecule has 6 heteroatoms. The van der Waals surface area contributed by atoms with Crippen LogP contribution in [0.3, 0.4) is 0 Å². The third-order valence-electron chi connectivity index (χ3n) is 4.99. The lowest BCUT2D eigenvalue weighted by Gasteiger charge is -2.21. The topological polar surface area (TPSA) is 72.9 Å². The minimum absolute atomic E-state index is 0.0682. The van der Waals surface area contributed by atoms with E-state index in [0.29, 0.717) is 25.4 Å². The van der Waals surface area contributed by atoms with Gasteiger partial charge < -0.3 is 15.3 Å². The van der Waals surface area contributed by atoms with Crippen molar-refractivity contribution in [1.29, 1.82) is 0 Å². The molecule has 1 aromatic carbocycles. The molecule has 3 rings (SSSR count). The molecule has 6 nitrogen and oxygen atoms in total. The standard InChI is InChI=1S/C18H25N3O3/c22-17(13-21-9-4-7-16(21)18(23)24)19-11-14-8-10-20(12-14)15-5-2-1-3-6-15/h1-3,5-6,14,16H,4,7-13H2,(H,19,22)(H,23,24)/t14?,16-/m1/s1. The maximum absolute atomic E-state index is 12.1. The minimum Gasteiger partial charge on any atom is -0.480 e. The number of carboxylic acids is 1. The fourth-order valence-electron chi connectivity index (χ4n) is 3.67. The van der Waals surface area contributed by atoms with Gasteiger partial charge in [-0.2, -0.15) is 0 Å². The summed E-state index contributed by atoms with van der Waals surface area (Å²) in [6, 6.07) is 9.82. The van der Waals surface area contributed by atoms with Crippen molar-refractivity contribution in [2.75, 3.05) is 37.6 Å². The molecule has 1 unspecified atom stereocenters. The van der Waals surface area contributed by atoms with Gasteiger partial charge in [0.2, 0.25) is 5.91 Å². The fraction of sp³-hybridized carbons (Fsp3) is 0.556. The van der Waals surface area contributed by atoms with Crippen molar-refractivity contribution in [3.63, 3.8) is 0 Å². The highest BCUT2D eigenvalue weighted by atomic mass is 16.4. The molecule has 2 atom stereocenters. The van der Waals surface area contributed by atoms with Crippen LogP contribution in [-0.2, 0) is 9.59 Å². The van der Waals surface area contributed by atoms with Crippen LogP contribution in [0.5, 0.6) is 0 Å². The van der Waals surface area contributed by atoms with Gasteiger partial charge in [-0.1, -0.05) is 18.2 Å². The van der Waals surface area contributed by atoms with Gasteiger partial charge in [-0.25, -0.2) is 0 Å². The van der Waals surface area contributed by atoms with E-state index >= 15 is 0 Å².